The van der Waals surface area contributed by atoms with Crippen LogP contribution in [0.2, 0.25) is 5.02 Å². The molecule has 0 atom stereocenters. The van der Waals surface area contributed by atoms with Gasteiger partial charge in [0.2, 0.25) is 0 Å². The minimum Gasteiger partial charge on any atom is -0.487 e. The average Bonchev–Trinajstić information content (AvgIpc) is 3.38. The van der Waals surface area contributed by atoms with Crippen LogP contribution in [0.5, 0.6) is 11.5 Å². The first kappa shape index (κ1) is 29.6. The molecule has 0 bridgehead atoms. The summed E-state index contributed by atoms with van der Waals surface area (Å²) in [6.07, 6.45) is 1.57. The number of thiazole rings is 1. The van der Waals surface area contributed by atoms with Gasteiger partial charge >= 0.3 is 5.97 Å². The van der Waals surface area contributed by atoms with Crippen molar-refractivity contribution >= 4 is 50.7 Å². The fourth-order valence-corrected chi connectivity index (χ4v) is 6.65. The lowest BCUT2D eigenvalue weighted by molar-refractivity contribution is -0.136. The van der Waals surface area contributed by atoms with Gasteiger partial charge in [-0.15, -0.1) is 11.3 Å². The number of carbonyl (C=O) groups excluding carboxylic acids is 1. The molecule has 0 saturated carbocycles. The van der Waals surface area contributed by atoms with Gasteiger partial charge in [-0.1, -0.05) is 17.7 Å². The molecule has 10 heteroatoms. The molecule has 1 N–H and O–H groups in total. The number of anilines is 1. The Kier molecular flexibility index (Phi) is 7.55. The highest BCUT2D eigenvalue weighted by Gasteiger charge is 2.27. The largest absolute Gasteiger partial charge is 0.487 e. The summed E-state index contributed by atoms with van der Waals surface area (Å²) in [7, 11) is 1.73. The highest BCUT2D eigenvalue weighted by Crippen LogP contribution is 2.46. The lowest BCUT2D eigenvalue weighted by Crippen LogP contribution is -2.35. The third-order valence-corrected chi connectivity index (χ3v) is 8.69. The molecule has 5 aromatic rings. The van der Waals surface area contributed by atoms with E-state index in [2.05, 4.69) is 4.98 Å². The molecule has 0 unspecified atom stereocenters. The monoisotopic (exact) mass is 627 g/mol. The lowest BCUT2D eigenvalue weighted by Gasteiger charge is -2.27. The van der Waals surface area contributed by atoms with E-state index in [1.54, 1.807) is 30.3 Å². The summed E-state index contributed by atoms with van der Waals surface area (Å²) in [6.45, 7) is 7.74. The molecule has 0 aliphatic carbocycles. The molecule has 0 saturated heterocycles. The Morgan fingerprint density at radius 1 is 1.14 bits per heavy atom. The first-order chi connectivity index (χ1) is 20.9. The number of halogens is 1. The van der Waals surface area contributed by atoms with Crippen LogP contribution in [-0.2, 0) is 16.0 Å². The van der Waals surface area contributed by atoms with Gasteiger partial charge in [-0.3, -0.25) is 14.6 Å². The fourth-order valence-electron chi connectivity index (χ4n) is 5.36. The van der Waals surface area contributed by atoms with Crippen LogP contribution in [-0.4, -0.2) is 46.2 Å². The van der Waals surface area contributed by atoms with Crippen LogP contribution in [0.25, 0.3) is 43.2 Å². The van der Waals surface area contributed by atoms with Gasteiger partial charge in [0, 0.05) is 40.5 Å². The van der Waals surface area contributed by atoms with E-state index < -0.39 is 11.6 Å². The van der Waals surface area contributed by atoms with Crippen LogP contribution < -0.4 is 14.4 Å². The zero-order valence-electron chi connectivity index (χ0n) is 24.9. The van der Waals surface area contributed by atoms with E-state index >= 15 is 0 Å². The van der Waals surface area contributed by atoms with Crippen molar-refractivity contribution in [1.29, 1.82) is 0 Å². The van der Waals surface area contributed by atoms with Crippen molar-refractivity contribution < 1.29 is 24.2 Å². The van der Waals surface area contributed by atoms with Crippen molar-refractivity contribution in [3.63, 3.8) is 0 Å². The number of hydrogen-bond donors (Lipinski definition) is 1. The number of rotatable bonds is 6. The maximum Gasteiger partial charge on any atom is 0.307 e. The molecule has 6 rings (SSSR count). The van der Waals surface area contributed by atoms with Crippen LogP contribution in [0.4, 0.5) is 5.69 Å². The minimum atomic E-state index is -0.926. The van der Waals surface area contributed by atoms with E-state index in [-0.39, 0.29) is 18.9 Å². The second-order valence-corrected chi connectivity index (χ2v) is 13.1. The first-order valence-corrected chi connectivity index (χ1v) is 15.2. The van der Waals surface area contributed by atoms with E-state index in [1.807, 2.05) is 70.2 Å². The summed E-state index contributed by atoms with van der Waals surface area (Å²) in [4.78, 5) is 35.5. The van der Waals surface area contributed by atoms with Gasteiger partial charge in [0.05, 0.1) is 28.0 Å². The molecule has 3 heterocycles. The lowest BCUT2D eigenvalue weighted by atomic mass is 9.92. The predicted octanol–water partition coefficient (Wildman–Crippen LogP) is 7.81. The number of pyridine rings is 1. The standard InChI is InChI=1S/C34H30ClN3O5S/c1-18-13-25-32(30(23(18)16-29(40)41)22-10-9-20(35)15-27(22)43-34(2,3)4)44-33(37-25)19-11-12-36-24(14-19)21-7-6-8-26-31(21)42-17-28(39)38(26)5/h6-15H,16-17H2,1-5H3,(H,40,41). The molecule has 3 aromatic carbocycles. The summed E-state index contributed by atoms with van der Waals surface area (Å²) < 4.78 is 13.0. The summed E-state index contributed by atoms with van der Waals surface area (Å²) in [5, 5.41) is 11.1. The fraction of sp³-hybridized carbons (Fsp3) is 0.235. The van der Waals surface area contributed by atoms with Crippen LogP contribution in [0.1, 0.15) is 31.9 Å². The molecule has 0 radical (unpaired) electrons. The van der Waals surface area contributed by atoms with Crippen LogP contribution >= 0.6 is 22.9 Å². The number of aliphatic carboxylic acids is 1. The van der Waals surface area contributed by atoms with Crippen molar-refractivity contribution in [2.24, 2.45) is 0 Å². The molecule has 0 fully saturated rings. The molecule has 44 heavy (non-hydrogen) atoms. The number of hydrogen-bond acceptors (Lipinski definition) is 7. The summed E-state index contributed by atoms with van der Waals surface area (Å²) >= 11 is 7.88. The van der Waals surface area contributed by atoms with Gasteiger partial charge in [0.1, 0.15) is 16.4 Å². The Labute approximate surface area is 263 Å². The number of benzene rings is 3. The van der Waals surface area contributed by atoms with E-state index in [9.17, 15) is 14.7 Å². The van der Waals surface area contributed by atoms with Crippen molar-refractivity contribution in [3.8, 4) is 44.5 Å². The second-order valence-electron chi connectivity index (χ2n) is 11.7. The van der Waals surface area contributed by atoms with E-state index in [1.165, 1.54) is 11.3 Å². The Bertz CT molecular complexity index is 1960. The number of likely N-dealkylation sites (N-methyl/N-ethyl adjacent to an activating group) is 1. The van der Waals surface area contributed by atoms with Crippen molar-refractivity contribution in [2.75, 3.05) is 18.6 Å². The third kappa shape index (κ3) is 5.60. The zero-order chi connectivity index (χ0) is 31.3. The Balaban J connectivity index is 1.53. The van der Waals surface area contributed by atoms with Crippen LogP contribution in [0.15, 0.2) is 60.8 Å². The molecule has 2 aromatic heterocycles. The maximum absolute atomic E-state index is 12.2. The maximum atomic E-state index is 12.2. The quantitative estimate of drug-likeness (QED) is 0.205. The number of para-hydroxylation sites is 1. The second kappa shape index (κ2) is 11.2. The van der Waals surface area contributed by atoms with Gasteiger partial charge < -0.3 is 19.5 Å². The van der Waals surface area contributed by atoms with E-state index in [4.69, 9.17) is 26.1 Å². The number of aromatic nitrogens is 2. The van der Waals surface area contributed by atoms with Gasteiger partial charge in [-0.25, -0.2) is 4.98 Å². The highest BCUT2D eigenvalue weighted by molar-refractivity contribution is 7.22. The van der Waals surface area contributed by atoms with Crippen LogP contribution in [0.3, 0.4) is 0 Å². The number of amides is 1. The SMILES string of the molecule is Cc1cc2nc(-c3ccnc(-c4cccc5c4OCC(=O)N5C)c3)sc2c(-c2ccc(Cl)cc2OC(C)(C)C)c1CC(=O)O. The number of aryl methyl sites for hydroxylation is 1. The van der Waals surface area contributed by atoms with Gasteiger partial charge in [-0.05, 0) is 87.4 Å². The minimum absolute atomic E-state index is 0.0372. The Morgan fingerprint density at radius 3 is 2.68 bits per heavy atom. The summed E-state index contributed by atoms with van der Waals surface area (Å²) in [5.74, 6) is 0.136. The van der Waals surface area contributed by atoms with Crippen molar-refractivity contribution in [1.82, 2.24) is 9.97 Å². The number of fused-ring (bicyclic) bond motifs is 2. The Hall–Kier alpha value is -4.47. The molecule has 1 aliphatic heterocycles. The molecule has 1 aliphatic rings. The Morgan fingerprint density at radius 2 is 1.93 bits per heavy atom. The van der Waals surface area contributed by atoms with Gasteiger partial charge in [0.25, 0.3) is 5.91 Å². The summed E-state index contributed by atoms with van der Waals surface area (Å²) in [6, 6.07) is 16.9. The van der Waals surface area contributed by atoms with Crippen LogP contribution in [0, 0.1) is 6.92 Å². The number of carboxylic acids is 1. The molecule has 0 spiro atoms. The third-order valence-electron chi connectivity index (χ3n) is 7.32. The molecule has 224 valence electrons. The topological polar surface area (TPSA) is 102 Å². The van der Waals surface area contributed by atoms with Gasteiger partial charge in [-0.2, -0.15) is 0 Å². The zero-order valence-corrected chi connectivity index (χ0v) is 26.5. The van der Waals surface area contributed by atoms with Crippen molar-refractivity contribution in [2.45, 2.75) is 39.7 Å². The summed E-state index contributed by atoms with van der Waals surface area (Å²) in [5.41, 5.74) is 6.29. The number of carbonyl (C=O) groups is 2. The predicted molar refractivity (Wildman–Crippen MR) is 174 cm³/mol. The van der Waals surface area contributed by atoms with Gasteiger partial charge in [0.15, 0.2) is 12.4 Å². The highest BCUT2D eigenvalue weighted by atomic mass is 35.5. The number of carboxylic acid groups (broad SMARTS) is 1. The van der Waals surface area contributed by atoms with E-state index in [0.29, 0.717) is 33.5 Å². The normalized spacial score (nSPS) is 13.1. The molecular formula is C34H30ClN3O5S. The first-order valence-electron chi connectivity index (χ1n) is 14.0. The molecule has 8 nitrogen and oxygen atoms in total. The van der Waals surface area contributed by atoms with Crippen molar-refractivity contribution in [3.05, 3.63) is 76.9 Å². The molecule has 1 amide bonds. The number of ether oxygens (including phenoxy) is 2. The average molecular weight is 628 g/mol. The molecular weight excluding hydrogens is 598 g/mol. The van der Waals surface area contributed by atoms with E-state index in [0.717, 1.165) is 43.0 Å². The smallest absolute Gasteiger partial charge is 0.307 e. The number of nitrogens with zero attached hydrogens (tertiary/aromatic N) is 3.